The van der Waals surface area contributed by atoms with Crippen LogP contribution in [0.4, 0.5) is 0 Å². The van der Waals surface area contributed by atoms with Gasteiger partial charge in [-0.2, -0.15) is 0 Å². The Morgan fingerprint density at radius 1 is 1.17 bits per heavy atom. The van der Waals surface area contributed by atoms with E-state index in [1.807, 2.05) is 13.4 Å². The molecule has 0 unspecified atom stereocenters. The van der Waals surface area contributed by atoms with Gasteiger partial charge < -0.3 is 9.88 Å². The molecule has 1 aromatic carbocycles. The molecule has 0 spiro atoms. The number of benzene rings is 1. The van der Waals surface area contributed by atoms with Gasteiger partial charge in [0.05, 0.1) is 12.0 Å². The molecule has 1 aromatic heterocycles. The summed E-state index contributed by atoms with van der Waals surface area (Å²) < 4.78 is 2.15. The molecular formula is C15H21N3. The molecule has 0 aliphatic heterocycles. The van der Waals surface area contributed by atoms with Gasteiger partial charge in [-0.25, -0.2) is 4.98 Å². The molecule has 3 heteroatoms. The molecule has 0 fully saturated rings. The summed E-state index contributed by atoms with van der Waals surface area (Å²) >= 11 is 0. The van der Waals surface area contributed by atoms with Crippen molar-refractivity contribution < 1.29 is 0 Å². The van der Waals surface area contributed by atoms with E-state index >= 15 is 0 Å². The van der Waals surface area contributed by atoms with Gasteiger partial charge in [-0.05, 0) is 44.5 Å². The Morgan fingerprint density at radius 2 is 1.83 bits per heavy atom. The molecule has 0 atom stereocenters. The fraction of sp³-hybridized carbons (Fsp3) is 0.400. The fourth-order valence-electron chi connectivity index (χ4n) is 2.41. The Labute approximate surface area is 109 Å². The number of nitrogens with zero attached hydrogens (tertiary/aromatic N) is 2. The van der Waals surface area contributed by atoms with Gasteiger partial charge in [-0.3, -0.25) is 0 Å². The van der Waals surface area contributed by atoms with Crippen LogP contribution in [0.15, 0.2) is 24.7 Å². The molecule has 0 saturated heterocycles. The van der Waals surface area contributed by atoms with Gasteiger partial charge >= 0.3 is 0 Å². The largest absolute Gasteiger partial charge is 0.333 e. The Hall–Kier alpha value is -1.61. The minimum atomic E-state index is 0.818. The van der Waals surface area contributed by atoms with Gasteiger partial charge in [0.15, 0.2) is 0 Å². The van der Waals surface area contributed by atoms with E-state index in [1.165, 1.54) is 22.3 Å². The van der Waals surface area contributed by atoms with Gasteiger partial charge in [-0.15, -0.1) is 0 Å². The Bertz CT molecular complexity index is 517. The maximum absolute atomic E-state index is 4.38. The number of hydrogen-bond acceptors (Lipinski definition) is 2. The quantitative estimate of drug-likeness (QED) is 0.894. The molecule has 3 nitrogen and oxygen atoms in total. The van der Waals surface area contributed by atoms with Crippen LogP contribution in [0.2, 0.25) is 0 Å². The second-order valence-electron chi connectivity index (χ2n) is 4.94. The summed E-state index contributed by atoms with van der Waals surface area (Å²) in [5.41, 5.74) is 6.52. The van der Waals surface area contributed by atoms with E-state index in [1.54, 1.807) is 0 Å². The van der Waals surface area contributed by atoms with E-state index in [0.717, 1.165) is 18.8 Å². The first-order valence-electron chi connectivity index (χ1n) is 6.32. The molecule has 1 N–H and O–H groups in total. The summed E-state index contributed by atoms with van der Waals surface area (Å²) in [6, 6.07) is 4.49. The maximum atomic E-state index is 4.38. The van der Waals surface area contributed by atoms with Crippen LogP contribution in [0.25, 0.3) is 0 Å². The summed E-state index contributed by atoms with van der Waals surface area (Å²) in [6.07, 6.45) is 4.01. The van der Waals surface area contributed by atoms with Crippen molar-refractivity contribution in [1.82, 2.24) is 14.9 Å². The Morgan fingerprint density at radius 3 is 2.44 bits per heavy atom. The topological polar surface area (TPSA) is 29.9 Å². The lowest BCUT2D eigenvalue weighted by Crippen LogP contribution is -2.05. The fourth-order valence-corrected chi connectivity index (χ4v) is 2.41. The molecule has 18 heavy (non-hydrogen) atoms. The van der Waals surface area contributed by atoms with Crippen molar-refractivity contribution in [3.8, 4) is 0 Å². The van der Waals surface area contributed by atoms with Gasteiger partial charge in [0, 0.05) is 19.3 Å². The third-order valence-electron chi connectivity index (χ3n) is 3.23. The predicted molar refractivity (Wildman–Crippen MR) is 74.7 cm³/mol. The summed E-state index contributed by atoms with van der Waals surface area (Å²) in [5, 5.41) is 3.12. The zero-order chi connectivity index (χ0) is 13.1. The minimum absolute atomic E-state index is 0.818. The lowest BCUT2D eigenvalue weighted by Gasteiger charge is -2.11. The van der Waals surface area contributed by atoms with Crippen molar-refractivity contribution >= 4 is 0 Å². The average molecular weight is 243 g/mol. The van der Waals surface area contributed by atoms with Crippen LogP contribution >= 0.6 is 0 Å². The molecule has 0 saturated carbocycles. The highest BCUT2D eigenvalue weighted by molar-refractivity contribution is 5.37. The van der Waals surface area contributed by atoms with Crippen LogP contribution < -0.4 is 5.32 Å². The van der Waals surface area contributed by atoms with Crippen LogP contribution in [-0.4, -0.2) is 16.6 Å². The first-order chi connectivity index (χ1) is 8.60. The third kappa shape index (κ3) is 2.79. The van der Waals surface area contributed by atoms with Crippen molar-refractivity contribution in [3.05, 3.63) is 52.6 Å². The second-order valence-corrected chi connectivity index (χ2v) is 4.94. The molecule has 96 valence electrons. The van der Waals surface area contributed by atoms with Crippen LogP contribution in [0.1, 0.15) is 27.9 Å². The minimum Gasteiger partial charge on any atom is -0.333 e. The summed E-state index contributed by atoms with van der Waals surface area (Å²) in [5.74, 6) is 0. The number of imidazole rings is 1. The molecule has 0 amide bonds. The van der Waals surface area contributed by atoms with Crippen molar-refractivity contribution in [2.24, 2.45) is 0 Å². The van der Waals surface area contributed by atoms with Crippen molar-refractivity contribution in [2.75, 3.05) is 7.05 Å². The van der Waals surface area contributed by atoms with Crippen molar-refractivity contribution in [2.45, 2.75) is 33.9 Å². The molecule has 0 aliphatic carbocycles. The maximum Gasteiger partial charge on any atom is 0.0953 e. The van der Waals surface area contributed by atoms with Crippen molar-refractivity contribution in [1.29, 1.82) is 0 Å². The summed E-state index contributed by atoms with van der Waals surface area (Å²) in [7, 11) is 1.94. The van der Waals surface area contributed by atoms with E-state index in [-0.39, 0.29) is 0 Å². The summed E-state index contributed by atoms with van der Waals surface area (Å²) in [6.45, 7) is 8.22. The van der Waals surface area contributed by atoms with E-state index in [2.05, 4.69) is 54.0 Å². The van der Waals surface area contributed by atoms with E-state index in [0.29, 0.717) is 0 Å². The van der Waals surface area contributed by atoms with E-state index in [4.69, 9.17) is 0 Å². The molecule has 1 heterocycles. The van der Waals surface area contributed by atoms with Crippen LogP contribution in [0.3, 0.4) is 0 Å². The number of aromatic nitrogens is 2. The number of hydrogen-bond donors (Lipinski definition) is 1. The van der Waals surface area contributed by atoms with Gasteiger partial charge in [-0.1, -0.05) is 17.7 Å². The average Bonchev–Trinajstić information content (AvgIpc) is 2.72. The monoisotopic (exact) mass is 243 g/mol. The van der Waals surface area contributed by atoms with Crippen LogP contribution in [0, 0.1) is 20.8 Å². The van der Waals surface area contributed by atoms with Crippen LogP contribution in [-0.2, 0) is 13.1 Å². The highest BCUT2D eigenvalue weighted by Gasteiger charge is 2.05. The lowest BCUT2D eigenvalue weighted by molar-refractivity contribution is 0.775. The van der Waals surface area contributed by atoms with Gasteiger partial charge in [0.25, 0.3) is 0 Å². The molecular weight excluding hydrogens is 222 g/mol. The standard InChI is InChI=1S/C15H21N3/c1-11-5-12(2)15(13(3)6-11)9-18-8-14(7-16-4)17-10-18/h5-6,8,10,16H,7,9H2,1-4H3. The Kier molecular flexibility index (Phi) is 3.82. The van der Waals surface area contributed by atoms with Crippen molar-refractivity contribution in [3.63, 3.8) is 0 Å². The number of rotatable bonds is 4. The predicted octanol–water partition coefficient (Wildman–Crippen LogP) is 2.58. The van der Waals surface area contributed by atoms with Gasteiger partial charge in [0.1, 0.15) is 0 Å². The van der Waals surface area contributed by atoms with Gasteiger partial charge in [0.2, 0.25) is 0 Å². The SMILES string of the molecule is CNCc1cn(Cc2c(C)cc(C)cc2C)cn1. The highest BCUT2D eigenvalue weighted by Crippen LogP contribution is 2.17. The Balaban J connectivity index is 2.22. The first kappa shape index (κ1) is 12.8. The molecule has 0 bridgehead atoms. The molecule has 0 radical (unpaired) electrons. The summed E-state index contributed by atoms with van der Waals surface area (Å²) in [4.78, 5) is 4.38. The van der Waals surface area contributed by atoms with Crippen LogP contribution in [0.5, 0.6) is 0 Å². The number of aryl methyl sites for hydroxylation is 3. The third-order valence-corrected chi connectivity index (χ3v) is 3.23. The zero-order valence-corrected chi connectivity index (χ0v) is 11.6. The second kappa shape index (κ2) is 5.36. The number of nitrogens with one attached hydrogen (secondary N) is 1. The zero-order valence-electron chi connectivity index (χ0n) is 11.6. The first-order valence-corrected chi connectivity index (χ1v) is 6.32. The normalized spacial score (nSPS) is 10.9. The lowest BCUT2D eigenvalue weighted by atomic mass is 10.00. The molecule has 0 aliphatic rings. The molecule has 2 rings (SSSR count). The molecule has 2 aromatic rings. The van der Waals surface area contributed by atoms with E-state index in [9.17, 15) is 0 Å². The highest BCUT2D eigenvalue weighted by atomic mass is 15.0. The van der Waals surface area contributed by atoms with E-state index < -0.39 is 0 Å². The smallest absolute Gasteiger partial charge is 0.0953 e.